The Morgan fingerprint density at radius 2 is 0.933 bits per heavy atom. The van der Waals surface area contributed by atoms with E-state index in [-0.39, 0.29) is 22.5 Å². The first kappa shape index (κ1) is 33.1. The normalized spacial score (nSPS) is 11.6. The highest BCUT2D eigenvalue weighted by Gasteiger charge is 2.28. The van der Waals surface area contributed by atoms with Crippen LogP contribution in [-0.2, 0) is 0 Å². The monoisotopic (exact) mass is 764 g/mol. The summed E-state index contributed by atoms with van der Waals surface area (Å²) < 4.78 is 16.8. The molecule has 0 unspecified atom stereocenters. The van der Waals surface area contributed by atoms with Crippen molar-refractivity contribution in [3.05, 3.63) is 180 Å². The van der Waals surface area contributed by atoms with Crippen LogP contribution in [0.4, 0.5) is 11.4 Å². The lowest BCUT2D eigenvalue weighted by Crippen LogP contribution is -2.05. The van der Waals surface area contributed by atoms with Gasteiger partial charge in [-0.3, -0.25) is 4.85 Å². The fourth-order valence-corrected chi connectivity index (χ4v) is 9.32. The van der Waals surface area contributed by atoms with Gasteiger partial charge in [-0.1, -0.05) is 91.0 Å². The summed E-state index contributed by atoms with van der Waals surface area (Å²) in [4.78, 5) is 7.94. The molecule has 60 heavy (non-hydrogen) atoms. The average Bonchev–Trinajstić information content (AvgIpc) is 4.03. The number of aromatic nitrogens is 2. The summed E-state index contributed by atoms with van der Waals surface area (Å²) >= 11 is 0. The topological polar surface area (TPSA) is 92.4 Å². The van der Waals surface area contributed by atoms with E-state index in [0.717, 1.165) is 87.5 Å². The van der Waals surface area contributed by atoms with Crippen molar-refractivity contribution in [2.45, 2.75) is 0 Å². The van der Waals surface area contributed by atoms with Gasteiger partial charge < -0.3 is 18.0 Å². The highest BCUT2D eigenvalue weighted by molar-refractivity contribution is 6.19. The zero-order valence-electron chi connectivity index (χ0n) is 31.4. The lowest BCUT2D eigenvalue weighted by Gasteiger charge is -2.21. The van der Waals surface area contributed by atoms with Crippen LogP contribution in [-0.4, -0.2) is 9.13 Å². The minimum absolute atomic E-state index is 0.171. The van der Waals surface area contributed by atoms with Gasteiger partial charge in [0.15, 0.2) is 5.69 Å². The predicted octanol–water partition coefficient (Wildman–Crippen LogP) is 14.2. The lowest BCUT2D eigenvalue weighted by molar-refractivity contribution is 0.669. The van der Waals surface area contributed by atoms with Gasteiger partial charge in [0, 0.05) is 54.3 Å². The molecule has 4 aromatic heterocycles. The predicted molar refractivity (Wildman–Crippen MR) is 237 cm³/mol. The number of hydrogen-bond donors (Lipinski definition) is 0. The number of benzene rings is 8. The molecule has 0 radical (unpaired) electrons. The molecule has 0 fully saturated rings. The van der Waals surface area contributed by atoms with Gasteiger partial charge in [-0.2, -0.15) is 10.5 Å². The van der Waals surface area contributed by atoms with Crippen molar-refractivity contribution in [3.8, 4) is 34.6 Å². The molecule has 0 amide bonds. The third kappa shape index (κ3) is 4.34. The van der Waals surface area contributed by atoms with E-state index >= 15 is 0 Å². The Balaban J connectivity index is 1.26. The van der Waals surface area contributed by atoms with Crippen LogP contribution in [0.25, 0.3) is 120 Å². The van der Waals surface area contributed by atoms with Gasteiger partial charge in [0.05, 0.1) is 52.0 Å². The first-order valence-electron chi connectivity index (χ1n) is 19.2. The molecule has 8 nitrogen and oxygen atoms in total. The third-order valence-electron chi connectivity index (χ3n) is 11.9. The van der Waals surface area contributed by atoms with Crippen LogP contribution >= 0.6 is 0 Å². The molecule has 0 atom stereocenters. The summed E-state index contributed by atoms with van der Waals surface area (Å²) in [5.41, 5.74) is 9.31. The number of nitriles is 2. The standard InChI is InChI=1S/C52H24N6O2/c1-55-41-22-21-35(52(50(41)56-2)58-43-16-8-4-12-31(43)37-26-49-39(24-45(37)58)33-14-6-10-18-47(33)60-49)34-20-19-29(27-53)40(28-54)51(34)57-42-15-7-3-11-30(42)36-25-48-38(23-44(36)57)32-13-5-9-17-46(32)59-48/h3-26H. The maximum Gasteiger partial charge on any atom is 0.218 e. The SMILES string of the molecule is [C-]#[N+]c1ccc(-c2ccc(C#N)c(C#N)c2-n2c3ccccc3c3cc4oc5ccccc5c4cc32)c(-n2c3ccccc3c3cc4oc5ccccc5c4cc32)c1[N+]#[C-]. The van der Waals surface area contributed by atoms with Crippen molar-refractivity contribution < 1.29 is 8.83 Å². The summed E-state index contributed by atoms with van der Waals surface area (Å²) in [5, 5.41) is 29.1. The van der Waals surface area contributed by atoms with E-state index in [0.29, 0.717) is 22.5 Å². The Morgan fingerprint density at radius 3 is 1.47 bits per heavy atom. The van der Waals surface area contributed by atoms with Gasteiger partial charge in [-0.25, -0.2) is 4.85 Å². The minimum atomic E-state index is 0.171. The molecule has 12 aromatic rings. The minimum Gasteiger partial charge on any atom is -0.456 e. The number of para-hydroxylation sites is 4. The van der Waals surface area contributed by atoms with Crippen molar-refractivity contribution in [3.63, 3.8) is 0 Å². The number of hydrogen-bond acceptors (Lipinski definition) is 4. The summed E-state index contributed by atoms with van der Waals surface area (Å²) in [5.74, 6) is 0. The molecule has 4 heterocycles. The smallest absolute Gasteiger partial charge is 0.218 e. The van der Waals surface area contributed by atoms with Gasteiger partial charge in [0.2, 0.25) is 5.69 Å². The number of rotatable bonds is 3. The molecule has 12 rings (SSSR count). The fraction of sp³-hybridized carbons (Fsp3) is 0. The molecule has 0 bridgehead atoms. The average molecular weight is 765 g/mol. The first-order valence-corrected chi connectivity index (χ1v) is 19.2. The molecule has 8 heteroatoms. The third-order valence-corrected chi connectivity index (χ3v) is 11.9. The van der Waals surface area contributed by atoms with Crippen LogP contribution in [0.1, 0.15) is 11.1 Å². The van der Waals surface area contributed by atoms with E-state index in [2.05, 4.69) is 61.3 Å². The molecule has 0 aliphatic carbocycles. The second-order valence-electron chi connectivity index (χ2n) is 14.8. The highest BCUT2D eigenvalue weighted by atomic mass is 16.3. The summed E-state index contributed by atoms with van der Waals surface area (Å²) in [6.07, 6.45) is 0. The molecule has 0 N–H and O–H groups in total. The summed E-state index contributed by atoms with van der Waals surface area (Å²) in [7, 11) is 0. The molecule has 0 aliphatic heterocycles. The zero-order valence-corrected chi connectivity index (χ0v) is 31.4. The van der Waals surface area contributed by atoms with Crippen LogP contribution in [0.3, 0.4) is 0 Å². The van der Waals surface area contributed by atoms with Crippen LogP contribution in [0.2, 0.25) is 0 Å². The molecular formula is C52H24N6O2. The molecule has 0 spiro atoms. The van der Waals surface area contributed by atoms with Crippen molar-refractivity contribution >= 4 is 98.9 Å². The lowest BCUT2D eigenvalue weighted by atomic mass is 9.94. The van der Waals surface area contributed by atoms with Gasteiger partial charge in [-0.05, 0) is 60.2 Å². The molecule has 8 aromatic carbocycles. The summed E-state index contributed by atoms with van der Waals surface area (Å²) in [6.45, 7) is 16.9. The Hall–Kier alpha value is -9.08. The highest BCUT2D eigenvalue weighted by Crippen LogP contribution is 2.49. The first-order chi connectivity index (χ1) is 29.6. The number of nitrogens with zero attached hydrogens (tertiary/aromatic N) is 6. The van der Waals surface area contributed by atoms with E-state index in [9.17, 15) is 10.5 Å². The molecule has 0 saturated heterocycles. The van der Waals surface area contributed by atoms with E-state index in [4.69, 9.17) is 22.0 Å². The summed E-state index contributed by atoms with van der Waals surface area (Å²) in [6, 6.07) is 52.0. The van der Waals surface area contributed by atoms with Gasteiger partial charge in [0.1, 0.15) is 34.5 Å². The van der Waals surface area contributed by atoms with E-state index in [1.165, 1.54) is 0 Å². The zero-order chi connectivity index (χ0) is 40.2. The number of fused-ring (bicyclic) bond motifs is 12. The second kappa shape index (κ2) is 12.2. The maximum atomic E-state index is 11.1. The van der Waals surface area contributed by atoms with Gasteiger partial charge in [0.25, 0.3) is 0 Å². The van der Waals surface area contributed by atoms with E-state index in [1.54, 1.807) is 12.1 Å². The molecule has 0 saturated carbocycles. The van der Waals surface area contributed by atoms with Crippen molar-refractivity contribution in [2.24, 2.45) is 0 Å². The largest absolute Gasteiger partial charge is 0.456 e. The van der Waals surface area contributed by atoms with Crippen molar-refractivity contribution in [1.29, 1.82) is 10.5 Å². The molecular weight excluding hydrogens is 741 g/mol. The fourth-order valence-electron chi connectivity index (χ4n) is 9.32. The van der Waals surface area contributed by atoms with E-state index in [1.807, 2.05) is 103 Å². The van der Waals surface area contributed by atoms with Gasteiger partial charge in [-0.15, -0.1) is 0 Å². The van der Waals surface area contributed by atoms with Crippen molar-refractivity contribution in [2.75, 3.05) is 0 Å². The number of furan rings is 2. The van der Waals surface area contributed by atoms with Crippen LogP contribution in [0, 0.1) is 35.8 Å². The Kier molecular flexibility index (Phi) is 6.73. The second-order valence-corrected chi connectivity index (χ2v) is 14.8. The Labute approximate surface area is 340 Å². The molecule has 0 aliphatic rings. The van der Waals surface area contributed by atoms with Gasteiger partial charge >= 0.3 is 0 Å². The van der Waals surface area contributed by atoms with Crippen molar-refractivity contribution in [1.82, 2.24) is 9.13 Å². The molecule has 274 valence electrons. The van der Waals surface area contributed by atoms with E-state index < -0.39 is 0 Å². The Morgan fingerprint density at radius 1 is 0.433 bits per heavy atom. The van der Waals surface area contributed by atoms with Crippen LogP contribution < -0.4 is 0 Å². The maximum absolute atomic E-state index is 11.1. The van der Waals surface area contributed by atoms with Crippen LogP contribution in [0.15, 0.2) is 154 Å². The van der Waals surface area contributed by atoms with Crippen LogP contribution in [0.5, 0.6) is 0 Å². The Bertz CT molecular complexity index is 3810. The quantitative estimate of drug-likeness (QED) is 0.167.